The van der Waals surface area contributed by atoms with Gasteiger partial charge in [0.15, 0.2) is 0 Å². The van der Waals surface area contributed by atoms with Crippen LogP contribution in [-0.2, 0) is 6.42 Å². The number of pyridine rings is 1. The van der Waals surface area contributed by atoms with E-state index in [2.05, 4.69) is 29.4 Å². The number of nitrogens with one attached hydrogen (secondary N) is 1. The first-order valence-corrected chi connectivity index (χ1v) is 9.43. The lowest BCUT2D eigenvalue weighted by molar-refractivity contribution is 0.0898. The zero-order chi connectivity index (χ0) is 18.9. The van der Waals surface area contributed by atoms with Crippen LogP contribution in [0.2, 0.25) is 0 Å². The first kappa shape index (κ1) is 17.7. The molecule has 1 aliphatic rings. The van der Waals surface area contributed by atoms with Crippen LogP contribution in [0.3, 0.4) is 0 Å². The van der Waals surface area contributed by atoms with Gasteiger partial charge in [-0.25, -0.2) is 4.39 Å². The Kier molecular flexibility index (Phi) is 4.65. The summed E-state index contributed by atoms with van der Waals surface area (Å²) in [4.78, 5) is 17.1. The number of halogens is 1. The number of aromatic nitrogens is 1. The third-order valence-electron chi connectivity index (χ3n) is 5.21. The molecular weight excluding hydrogens is 339 g/mol. The Labute approximate surface area is 158 Å². The van der Waals surface area contributed by atoms with Gasteiger partial charge in [-0.1, -0.05) is 55.3 Å². The zero-order valence-corrected chi connectivity index (χ0v) is 15.4. The highest BCUT2D eigenvalue weighted by atomic mass is 19.1. The first-order chi connectivity index (χ1) is 13.0. The molecule has 27 heavy (non-hydrogen) atoms. The Hall–Kier alpha value is -2.75. The third-order valence-corrected chi connectivity index (χ3v) is 5.21. The number of fused-ring (bicyclic) bond motifs is 1. The van der Waals surface area contributed by atoms with Crippen LogP contribution in [0.4, 0.5) is 4.39 Å². The summed E-state index contributed by atoms with van der Waals surface area (Å²) >= 11 is 0. The maximum absolute atomic E-state index is 13.8. The number of nitrogens with zero attached hydrogens (tertiary/aromatic N) is 1. The molecule has 1 unspecified atom stereocenters. The highest BCUT2D eigenvalue weighted by Crippen LogP contribution is 2.38. The minimum atomic E-state index is -0.373. The second-order valence-electron chi connectivity index (χ2n) is 7.86. The smallest absolute Gasteiger partial charge is 0.253 e. The number of carbonyl (C=O) groups excluding carboxylic acids is 1. The molecule has 138 valence electrons. The van der Waals surface area contributed by atoms with Gasteiger partial charge in [0.25, 0.3) is 5.91 Å². The number of carbonyl (C=O) groups is 1. The van der Waals surface area contributed by atoms with Crippen LogP contribution in [-0.4, -0.2) is 16.4 Å². The number of hydrogen-bond donors (Lipinski definition) is 1. The SMILES string of the molecule is CC(Cc1ccccc1)(CC1CC1)NC(=O)c1cnc2c(F)cccc2c1. The van der Waals surface area contributed by atoms with Crippen molar-refractivity contribution >= 4 is 16.8 Å². The van der Waals surface area contributed by atoms with Crippen molar-refractivity contribution in [1.82, 2.24) is 10.3 Å². The molecule has 0 saturated heterocycles. The van der Waals surface area contributed by atoms with E-state index >= 15 is 0 Å². The van der Waals surface area contributed by atoms with Crippen LogP contribution >= 0.6 is 0 Å². The Morgan fingerprint density at radius 1 is 1.19 bits per heavy atom. The lowest BCUT2D eigenvalue weighted by Crippen LogP contribution is -2.48. The molecule has 1 fully saturated rings. The van der Waals surface area contributed by atoms with Crippen molar-refractivity contribution in [2.45, 2.75) is 38.1 Å². The third kappa shape index (κ3) is 4.16. The fourth-order valence-corrected chi connectivity index (χ4v) is 3.77. The molecule has 1 heterocycles. The van der Waals surface area contributed by atoms with Crippen molar-refractivity contribution < 1.29 is 9.18 Å². The Bertz CT molecular complexity index is 969. The topological polar surface area (TPSA) is 42.0 Å². The standard InChI is InChI=1S/C23H23FN2O/c1-23(14-17-10-11-17,13-16-6-3-2-4-7-16)26-22(27)19-12-18-8-5-9-20(24)21(18)25-15-19/h2-9,12,15,17H,10-11,13-14H2,1H3,(H,26,27). The molecule has 3 nitrogen and oxygen atoms in total. The van der Waals surface area contributed by atoms with E-state index in [0.717, 1.165) is 12.8 Å². The highest BCUT2D eigenvalue weighted by molar-refractivity contribution is 5.97. The van der Waals surface area contributed by atoms with E-state index in [1.54, 1.807) is 18.2 Å². The largest absolute Gasteiger partial charge is 0.346 e. The minimum Gasteiger partial charge on any atom is -0.346 e. The monoisotopic (exact) mass is 362 g/mol. The van der Waals surface area contributed by atoms with Gasteiger partial charge in [-0.3, -0.25) is 9.78 Å². The summed E-state index contributed by atoms with van der Waals surface area (Å²) < 4.78 is 13.8. The van der Waals surface area contributed by atoms with Crippen LogP contribution in [0.1, 0.15) is 42.1 Å². The molecular formula is C23H23FN2O. The summed E-state index contributed by atoms with van der Waals surface area (Å²) in [6.07, 6.45) is 5.67. The molecule has 0 radical (unpaired) electrons. The summed E-state index contributed by atoms with van der Waals surface area (Å²) in [5, 5.41) is 3.87. The van der Waals surface area contributed by atoms with Gasteiger partial charge in [0.2, 0.25) is 0 Å². The molecule has 2 aromatic carbocycles. The number of benzene rings is 2. The molecule has 1 saturated carbocycles. The van der Waals surface area contributed by atoms with Gasteiger partial charge < -0.3 is 5.32 Å². The number of para-hydroxylation sites is 1. The van der Waals surface area contributed by atoms with Crippen molar-refractivity contribution in [3.63, 3.8) is 0 Å². The quantitative estimate of drug-likeness (QED) is 0.677. The van der Waals surface area contributed by atoms with E-state index in [1.165, 1.54) is 30.7 Å². The van der Waals surface area contributed by atoms with Crippen molar-refractivity contribution in [1.29, 1.82) is 0 Å². The van der Waals surface area contributed by atoms with Gasteiger partial charge in [0, 0.05) is 17.1 Å². The van der Waals surface area contributed by atoms with E-state index in [0.29, 0.717) is 22.4 Å². The number of hydrogen-bond acceptors (Lipinski definition) is 2. The zero-order valence-electron chi connectivity index (χ0n) is 15.4. The maximum atomic E-state index is 13.8. The fourth-order valence-electron chi connectivity index (χ4n) is 3.77. The van der Waals surface area contributed by atoms with Crippen molar-refractivity contribution in [3.05, 3.63) is 77.7 Å². The highest BCUT2D eigenvalue weighted by Gasteiger charge is 2.35. The molecule has 0 spiro atoms. The molecule has 4 heteroatoms. The minimum absolute atomic E-state index is 0.159. The lowest BCUT2D eigenvalue weighted by Gasteiger charge is -2.31. The van der Waals surface area contributed by atoms with Crippen molar-refractivity contribution in [2.24, 2.45) is 5.92 Å². The van der Waals surface area contributed by atoms with E-state index in [9.17, 15) is 9.18 Å². The van der Waals surface area contributed by atoms with E-state index in [4.69, 9.17) is 0 Å². The van der Waals surface area contributed by atoms with Crippen molar-refractivity contribution in [2.75, 3.05) is 0 Å². The fraction of sp³-hybridized carbons (Fsp3) is 0.304. The molecule has 0 bridgehead atoms. The van der Waals surface area contributed by atoms with Gasteiger partial charge in [-0.15, -0.1) is 0 Å². The summed E-state index contributed by atoms with van der Waals surface area (Å²) in [5.74, 6) is 0.151. The molecule has 4 rings (SSSR count). The van der Waals surface area contributed by atoms with Crippen LogP contribution in [0, 0.1) is 11.7 Å². The summed E-state index contributed by atoms with van der Waals surface area (Å²) in [6.45, 7) is 2.12. The molecule has 1 N–H and O–H groups in total. The second kappa shape index (κ2) is 7.10. The predicted octanol–water partition coefficient (Wildman–Crippen LogP) is 4.91. The molecule has 0 aliphatic heterocycles. The van der Waals surface area contributed by atoms with Gasteiger partial charge in [-0.05, 0) is 43.4 Å². The number of rotatable bonds is 6. The maximum Gasteiger partial charge on any atom is 0.253 e. The van der Waals surface area contributed by atoms with E-state index < -0.39 is 0 Å². The van der Waals surface area contributed by atoms with Gasteiger partial charge in [0.1, 0.15) is 11.3 Å². The summed E-state index contributed by atoms with van der Waals surface area (Å²) in [6, 6.07) is 16.7. The first-order valence-electron chi connectivity index (χ1n) is 9.43. The van der Waals surface area contributed by atoms with Crippen LogP contribution < -0.4 is 5.32 Å². The lowest BCUT2D eigenvalue weighted by atomic mass is 9.87. The van der Waals surface area contributed by atoms with Crippen molar-refractivity contribution in [3.8, 4) is 0 Å². The normalized spacial score (nSPS) is 16.1. The Balaban J connectivity index is 1.57. The Morgan fingerprint density at radius 2 is 1.96 bits per heavy atom. The van der Waals surface area contributed by atoms with Gasteiger partial charge in [-0.2, -0.15) is 0 Å². The van der Waals surface area contributed by atoms with Gasteiger partial charge >= 0.3 is 0 Å². The molecule has 1 aromatic heterocycles. The van der Waals surface area contributed by atoms with Crippen LogP contribution in [0.15, 0.2) is 60.8 Å². The van der Waals surface area contributed by atoms with E-state index in [-0.39, 0.29) is 17.3 Å². The second-order valence-corrected chi connectivity index (χ2v) is 7.86. The molecule has 1 aliphatic carbocycles. The average molecular weight is 362 g/mol. The Morgan fingerprint density at radius 3 is 2.70 bits per heavy atom. The molecule has 1 amide bonds. The summed E-state index contributed by atoms with van der Waals surface area (Å²) in [7, 11) is 0. The molecule has 1 atom stereocenters. The van der Waals surface area contributed by atoms with E-state index in [1.807, 2.05) is 18.2 Å². The molecule has 3 aromatic rings. The van der Waals surface area contributed by atoms with Gasteiger partial charge in [0.05, 0.1) is 5.56 Å². The average Bonchev–Trinajstić information content (AvgIpc) is 3.45. The van der Waals surface area contributed by atoms with Crippen LogP contribution in [0.5, 0.6) is 0 Å². The van der Waals surface area contributed by atoms with Crippen LogP contribution in [0.25, 0.3) is 10.9 Å². The summed E-state index contributed by atoms with van der Waals surface area (Å²) in [5.41, 5.74) is 1.64. The number of amides is 1. The predicted molar refractivity (Wildman–Crippen MR) is 105 cm³/mol.